The highest BCUT2D eigenvalue weighted by molar-refractivity contribution is 9.11. The summed E-state index contributed by atoms with van der Waals surface area (Å²) in [5, 5.41) is 3.39. The molecule has 0 amide bonds. The molecule has 1 aromatic heterocycles. The summed E-state index contributed by atoms with van der Waals surface area (Å²) in [5.74, 6) is 0.535. The van der Waals surface area contributed by atoms with E-state index in [0.717, 1.165) is 20.0 Å². The lowest BCUT2D eigenvalue weighted by Gasteiger charge is -2.11. The summed E-state index contributed by atoms with van der Waals surface area (Å²) in [7, 11) is 0. The Labute approximate surface area is 130 Å². The Morgan fingerprint density at radius 2 is 2.15 bits per heavy atom. The Kier molecular flexibility index (Phi) is 4.38. The monoisotopic (exact) mass is 355 g/mol. The zero-order valence-corrected chi connectivity index (χ0v) is 13.3. The Bertz CT molecular complexity index is 597. The maximum atomic E-state index is 13.4. The van der Waals surface area contributed by atoms with Crippen molar-refractivity contribution in [3.63, 3.8) is 0 Å². The maximum Gasteiger partial charge on any atom is 0.124 e. The van der Waals surface area contributed by atoms with Gasteiger partial charge in [-0.1, -0.05) is 0 Å². The summed E-state index contributed by atoms with van der Waals surface area (Å²) in [6.07, 6.45) is 2.43. The third kappa shape index (κ3) is 3.81. The molecule has 1 aliphatic carbocycles. The van der Waals surface area contributed by atoms with Gasteiger partial charge in [0.05, 0.1) is 3.79 Å². The number of nitrogens with one attached hydrogen (secondary N) is 1. The van der Waals surface area contributed by atoms with Gasteiger partial charge in [0.2, 0.25) is 0 Å². The zero-order valence-electron chi connectivity index (χ0n) is 10.9. The van der Waals surface area contributed by atoms with Crippen molar-refractivity contribution < 1.29 is 9.13 Å². The minimum absolute atomic E-state index is 0.219. The Balaban J connectivity index is 1.66. The van der Waals surface area contributed by atoms with Gasteiger partial charge in [-0.25, -0.2) is 4.39 Å². The molecule has 3 rings (SSSR count). The lowest BCUT2D eigenvalue weighted by molar-refractivity contribution is 0.305. The van der Waals surface area contributed by atoms with E-state index in [4.69, 9.17) is 4.74 Å². The maximum absolute atomic E-state index is 13.4. The highest BCUT2D eigenvalue weighted by Gasteiger charge is 2.20. The SMILES string of the molecule is Fc1ccc(OCc2ccc(Br)s2)c(CNC2CC2)c1. The van der Waals surface area contributed by atoms with Gasteiger partial charge in [0.25, 0.3) is 0 Å². The number of halogens is 2. The van der Waals surface area contributed by atoms with E-state index in [1.165, 1.54) is 18.9 Å². The van der Waals surface area contributed by atoms with Crippen molar-refractivity contribution in [2.75, 3.05) is 0 Å². The fraction of sp³-hybridized carbons (Fsp3) is 0.333. The molecule has 1 heterocycles. The van der Waals surface area contributed by atoms with Gasteiger partial charge in [0, 0.05) is 23.0 Å². The highest BCUT2D eigenvalue weighted by atomic mass is 79.9. The molecule has 0 saturated heterocycles. The van der Waals surface area contributed by atoms with Gasteiger partial charge in [-0.05, 0) is 59.1 Å². The number of hydrogen-bond acceptors (Lipinski definition) is 3. The van der Waals surface area contributed by atoms with E-state index in [-0.39, 0.29) is 5.82 Å². The van der Waals surface area contributed by atoms with Crippen LogP contribution >= 0.6 is 27.3 Å². The van der Waals surface area contributed by atoms with Gasteiger partial charge in [0.15, 0.2) is 0 Å². The summed E-state index contributed by atoms with van der Waals surface area (Å²) in [5.41, 5.74) is 0.882. The van der Waals surface area contributed by atoms with E-state index in [2.05, 4.69) is 21.2 Å². The second kappa shape index (κ2) is 6.24. The lowest BCUT2D eigenvalue weighted by atomic mass is 10.2. The van der Waals surface area contributed by atoms with Crippen LogP contribution in [-0.2, 0) is 13.2 Å². The molecule has 1 N–H and O–H groups in total. The largest absolute Gasteiger partial charge is 0.488 e. The first-order valence-corrected chi connectivity index (χ1v) is 8.20. The molecular formula is C15H15BrFNOS. The molecule has 5 heteroatoms. The van der Waals surface area contributed by atoms with E-state index in [9.17, 15) is 4.39 Å². The standard InChI is InChI=1S/C15H15BrFNOS/c16-15-6-4-13(20-15)9-19-14-5-1-11(17)7-10(14)8-18-12-2-3-12/h1,4-7,12,18H,2-3,8-9H2. The van der Waals surface area contributed by atoms with Crippen molar-refractivity contribution in [1.82, 2.24) is 5.32 Å². The first-order chi connectivity index (χ1) is 9.70. The molecule has 1 aliphatic rings. The first-order valence-electron chi connectivity index (χ1n) is 6.59. The predicted molar refractivity (Wildman–Crippen MR) is 82.6 cm³/mol. The number of rotatable bonds is 6. The fourth-order valence-electron chi connectivity index (χ4n) is 1.95. The molecule has 1 aromatic carbocycles. The number of ether oxygens (including phenoxy) is 1. The van der Waals surface area contributed by atoms with E-state index < -0.39 is 0 Å². The summed E-state index contributed by atoms with van der Waals surface area (Å²) < 4.78 is 20.3. The van der Waals surface area contributed by atoms with Gasteiger partial charge < -0.3 is 10.1 Å². The van der Waals surface area contributed by atoms with Crippen LogP contribution in [0.1, 0.15) is 23.3 Å². The van der Waals surface area contributed by atoms with Crippen LogP contribution in [-0.4, -0.2) is 6.04 Å². The molecule has 1 fully saturated rings. The summed E-state index contributed by atoms with van der Waals surface area (Å²) in [6.45, 7) is 1.17. The van der Waals surface area contributed by atoms with Crippen LogP contribution in [0.2, 0.25) is 0 Å². The minimum Gasteiger partial charge on any atom is -0.488 e. The summed E-state index contributed by atoms with van der Waals surface area (Å²) in [6, 6.07) is 9.33. The Hall–Kier alpha value is -0.910. The Morgan fingerprint density at radius 1 is 1.30 bits per heavy atom. The molecule has 106 valence electrons. The van der Waals surface area contributed by atoms with Gasteiger partial charge in [0.1, 0.15) is 18.2 Å². The van der Waals surface area contributed by atoms with Crippen molar-refractivity contribution in [1.29, 1.82) is 0 Å². The average Bonchev–Trinajstić information content (AvgIpc) is 3.17. The fourth-order valence-corrected chi connectivity index (χ4v) is 3.34. The third-order valence-corrected chi connectivity index (χ3v) is 4.78. The summed E-state index contributed by atoms with van der Waals surface area (Å²) in [4.78, 5) is 1.14. The van der Waals surface area contributed by atoms with Crippen LogP contribution in [0.4, 0.5) is 4.39 Å². The van der Waals surface area contributed by atoms with Crippen LogP contribution in [0.3, 0.4) is 0 Å². The second-order valence-corrected chi connectivity index (χ2v) is 7.45. The van der Waals surface area contributed by atoms with E-state index in [1.807, 2.05) is 12.1 Å². The average molecular weight is 356 g/mol. The van der Waals surface area contributed by atoms with Crippen LogP contribution in [0.5, 0.6) is 5.75 Å². The molecule has 0 unspecified atom stereocenters. The molecule has 0 radical (unpaired) electrons. The van der Waals surface area contributed by atoms with Crippen LogP contribution in [0.15, 0.2) is 34.1 Å². The van der Waals surface area contributed by atoms with Crippen molar-refractivity contribution in [3.05, 3.63) is 50.4 Å². The molecular weight excluding hydrogens is 341 g/mol. The van der Waals surface area contributed by atoms with E-state index >= 15 is 0 Å². The van der Waals surface area contributed by atoms with Crippen molar-refractivity contribution in [3.8, 4) is 5.75 Å². The molecule has 2 aromatic rings. The molecule has 0 bridgehead atoms. The first kappa shape index (κ1) is 14.0. The Morgan fingerprint density at radius 3 is 2.85 bits per heavy atom. The number of benzene rings is 1. The van der Waals surface area contributed by atoms with Crippen LogP contribution < -0.4 is 10.1 Å². The van der Waals surface area contributed by atoms with Crippen molar-refractivity contribution in [2.24, 2.45) is 0 Å². The quantitative estimate of drug-likeness (QED) is 0.824. The van der Waals surface area contributed by atoms with Crippen molar-refractivity contribution in [2.45, 2.75) is 32.0 Å². The highest BCUT2D eigenvalue weighted by Crippen LogP contribution is 2.26. The second-order valence-electron chi connectivity index (χ2n) is 4.90. The third-order valence-electron chi connectivity index (χ3n) is 3.18. The number of hydrogen-bond donors (Lipinski definition) is 1. The van der Waals surface area contributed by atoms with Crippen LogP contribution in [0, 0.1) is 5.82 Å². The van der Waals surface area contributed by atoms with Crippen molar-refractivity contribution >= 4 is 27.3 Å². The molecule has 0 spiro atoms. The van der Waals surface area contributed by atoms with Gasteiger partial charge >= 0.3 is 0 Å². The van der Waals surface area contributed by atoms with Gasteiger partial charge in [-0.2, -0.15) is 0 Å². The molecule has 0 aliphatic heterocycles. The van der Waals surface area contributed by atoms with Crippen LogP contribution in [0.25, 0.3) is 0 Å². The minimum atomic E-state index is -0.219. The van der Waals surface area contributed by atoms with Gasteiger partial charge in [-0.15, -0.1) is 11.3 Å². The van der Waals surface area contributed by atoms with E-state index in [0.29, 0.717) is 19.2 Å². The number of thiophene rings is 1. The molecule has 2 nitrogen and oxygen atoms in total. The normalized spacial score (nSPS) is 14.5. The predicted octanol–water partition coefficient (Wildman–Crippen LogP) is 4.48. The molecule has 0 atom stereocenters. The zero-order chi connectivity index (χ0) is 13.9. The van der Waals surface area contributed by atoms with Gasteiger partial charge in [-0.3, -0.25) is 0 Å². The summed E-state index contributed by atoms with van der Waals surface area (Å²) >= 11 is 5.08. The molecule has 1 saturated carbocycles. The topological polar surface area (TPSA) is 21.3 Å². The lowest BCUT2D eigenvalue weighted by Crippen LogP contribution is -2.16. The van der Waals surface area contributed by atoms with E-state index in [1.54, 1.807) is 23.5 Å². The molecule has 20 heavy (non-hydrogen) atoms. The smallest absolute Gasteiger partial charge is 0.124 e.